The quantitative estimate of drug-likeness (QED) is 0.629. The van der Waals surface area contributed by atoms with Gasteiger partial charge >= 0.3 is 0 Å². The minimum atomic E-state index is -0.260. The fourth-order valence-electron chi connectivity index (χ4n) is 1.13. The van der Waals surface area contributed by atoms with E-state index in [0.717, 1.165) is 18.8 Å². The zero-order chi connectivity index (χ0) is 11.0. The molecule has 0 aromatic rings. The van der Waals surface area contributed by atoms with Crippen LogP contribution in [0.15, 0.2) is 0 Å². The zero-order valence-corrected chi connectivity index (χ0v) is 10.6. The summed E-state index contributed by atoms with van der Waals surface area (Å²) < 4.78 is 0. The molecule has 0 saturated heterocycles. The summed E-state index contributed by atoms with van der Waals surface area (Å²) in [6, 6.07) is 0.446. The number of aliphatic hydroxyl groups excluding tert-OH is 1. The first kappa shape index (κ1) is 14.2. The van der Waals surface area contributed by atoms with Gasteiger partial charge in [0.2, 0.25) is 0 Å². The van der Waals surface area contributed by atoms with Gasteiger partial charge in [-0.3, -0.25) is 0 Å². The highest BCUT2D eigenvalue weighted by atomic mass is 32.2. The van der Waals surface area contributed by atoms with E-state index >= 15 is 0 Å². The molecule has 0 aromatic carbocycles. The number of nitrogens with one attached hydrogen (secondary N) is 1. The van der Waals surface area contributed by atoms with Crippen LogP contribution < -0.4 is 5.32 Å². The molecule has 0 fully saturated rings. The summed E-state index contributed by atoms with van der Waals surface area (Å²) in [6.07, 6.45) is 1.84. The normalized spacial score (nSPS) is 13.9. The first-order valence-corrected chi connectivity index (χ1v) is 6.54. The van der Waals surface area contributed by atoms with E-state index in [1.54, 1.807) is 0 Å². The van der Waals surface area contributed by atoms with E-state index in [0.29, 0.717) is 12.6 Å². The largest absolute Gasteiger partial charge is 0.390 e. The molecule has 3 nitrogen and oxygen atoms in total. The van der Waals surface area contributed by atoms with Crippen molar-refractivity contribution in [1.82, 2.24) is 10.2 Å². The summed E-state index contributed by atoms with van der Waals surface area (Å²) in [7, 11) is 2.05. The third-order valence-electron chi connectivity index (χ3n) is 1.96. The molecular weight excluding hydrogens is 196 g/mol. The van der Waals surface area contributed by atoms with Crippen LogP contribution in [0.3, 0.4) is 0 Å². The van der Waals surface area contributed by atoms with Gasteiger partial charge in [0.1, 0.15) is 0 Å². The molecule has 0 aliphatic heterocycles. The molecule has 0 aliphatic rings. The van der Waals surface area contributed by atoms with Gasteiger partial charge in [-0.25, -0.2) is 0 Å². The topological polar surface area (TPSA) is 35.5 Å². The van der Waals surface area contributed by atoms with Crippen LogP contribution in [-0.4, -0.2) is 60.8 Å². The predicted octanol–water partition coefficient (Wildman–Crippen LogP) is 0.640. The predicted molar refractivity (Wildman–Crippen MR) is 65.0 cm³/mol. The number of likely N-dealkylation sites (N-methyl/N-ethyl adjacent to an activating group) is 1. The van der Waals surface area contributed by atoms with Gasteiger partial charge < -0.3 is 15.3 Å². The van der Waals surface area contributed by atoms with Crippen molar-refractivity contribution in [2.75, 3.05) is 38.7 Å². The van der Waals surface area contributed by atoms with E-state index in [9.17, 15) is 5.11 Å². The van der Waals surface area contributed by atoms with Crippen molar-refractivity contribution < 1.29 is 5.11 Å². The number of rotatable bonds is 8. The van der Waals surface area contributed by atoms with E-state index in [4.69, 9.17) is 0 Å². The van der Waals surface area contributed by atoms with Crippen molar-refractivity contribution in [3.05, 3.63) is 0 Å². The van der Waals surface area contributed by atoms with Gasteiger partial charge in [0, 0.05) is 31.4 Å². The van der Waals surface area contributed by atoms with Crippen molar-refractivity contribution in [3.63, 3.8) is 0 Å². The molecule has 1 unspecified atom stereocenters. The molecule has 4 heteroatoms. The number of nitrogens with zero attached hydrogens (tertiary/aromatic N) is 1. The fourth-order valence-corrected chi connectivity index (χ4v) is 1.63. The van der Waals surface area contributed by atoms with Gasteiger partial charge in [-0.15, -0.1) is 0 Å². The molecule has 0 rings (SSSR count). The lowest BCUT2D eigenvalue weighted by Gasteiger charge is -2.21. The Bertz CT molecular complexity index is 133. The van der Waals surface area contributed by atoms with E-state index in [2.05, 4.69) is 37.4 Å². The lowest BCUT2D eigenvalue weighted by molar-refractivity contribution is 0.125. The minimum Gasteiger partial charge on any atom is -0.390 e. The van der Waals surface area contributed by atoms with Crippen LogP contribution in [0.1, 0.15) is 13.8 Å². The van der Waals surface area contributed by atoms with Gasteiger partial charge in [0.15, 0.2) is 0 Å². The Morgan fingerprint density at radius 3 is 2.57 bits per heavy atom. The molecule has 2 N–H and O–H groups in total. The second kappa shape index (κ2) is 8.53. The molecule has 0 heterocycles. The Morgan fingerprint density at radius 2 is 2.07 bits per heavy atom. The third kappa shape index (κ3) is 8.81. The van der Waals surface area contributed by atoms with Crippen molar-refractivity contribution in [3.8, 4) is 0 Å². The average molecular weight is 220 g/mol. The Labute approximate surface area is 92.3 Å². The van der Waals surface area contributed by atoms with Crippen LogP contribution in [0.5, 0.6) is 0 Å². The summed E-state index contributed by atoms with van der Waals surface area (Å²) in [5, 5.41) is 12.9. The van der Waals surface area contributed by atoms with E-state index in [1.807, 2.05) is 11.8 Å². The summed E-state index contributed by atoms with van der Waals surface area (Å²) in [6.45, 7) is 6.65. The lowest BCUT2D eigenvalue weighted by atomic mass is 10.3. The van der Waals surface area contributed by atoms with Crippen molar-refractivity contribution in [2.45, 2.75) is 26.0 Å². The van der Waals surface area contributed by atoms with Crippen LogP contribution in [-0.2, 0) is 0 Å². The number of hydrogen-bond acceptors (Lipinski definition) is 4. The standard InChI is InChI=1S/C10H24N2OS/c1-9(2)11-7-10(13)8-12(3)5-6-14-4/h9-11,13H,5-8H2,1-4H3. The van der Waals surface area contributed by atoms with E-state index in [-0.39, 0.29) is 6.10 Å². The Morgan fingerprint density at radius 1 is 1.43 bits per heavy atom. The van der Waals surface area contributed by atoms with Gasteiger partial charge in [-0.2, -0.15) is 11.8 Å². The van der Waals surface area contributed by atoms with Crippen molar-refractivity contribution in [2.24, 2.45) is 0 Å². The molecule has 0 saturated carbocycles. The fraction of sp³-hybridized carbons (Fsp3) is 1.00. The lowest BCUT2D eigenvalue weighted by Crippen LogP contribution is -2.39. The van der Waals surface area contributed by atoms with E-state index in [1.165, 1.54) is 0 Å². The van der Waals surface area contributed by atoms with Crippen molar-refractivity contribution in [1.29, 1.82) is 0 Å². The highest BCUT2D eigenvalue weighted by Gasteiger charge is 2.07. The van der Waals surface area contributed by atoms with Crippen LogP contribution in [0.4, 0.5) is 0 Å². The van der Waals surface area contributed by atoms with Crippen LogP contribution >= 0.6 is 11.8 Å². The van der Waals surface area contributed by atoms with Gasteiger partial charge in [0.25, 0.3) is 0 Å². The van der Waals surface area contributed by atoms with Crippen LogP contribution in [0.25, 0.3) is 0 Å². The summed E-state index contributed by atoms with van der Waals surface area (Å²) >= 11 is 1.84. The Hall–Kier alpha value is 0.230. The number of aliphatic hydroxyl groups is 1. The summed E-state index contributed by atoms with van der Waals surface area (Å²) in [5.41, 5.74) is 0. The molecule has 0 bridgehead atoms. The molecule has 86 valence electrons. The summed E-state index contributed by atoms with van der Waals surface area (Å²) in [5.74, 6) is 1.13. The molecule has 0 radical (unpaired) electrons. The number of hydrogen-bond donors (Lipinski definition) is 2. The van der Waals surface area contributed by atoms with Gasteiger partial charge in [0.05, 0.1) is 6.10 Å². The molecule has 1 atom stereocenters. The monoisotopic (exact) mass is 220 g/mol. The van der Waals surface area contributed by atoms with Crippen LogP contribution in [0.2, 0.25) is 0 Å². The first-order chi connectivity index (χ1) is 6.56. The first-order valence-electron chi connectivity index (χ1n) is 5.15. The third-order valence-corrected chi connectivity index (χ3v) is 2.55. The molecule has 14 heavy (non-hydrogen) atoms. The average Bonchev–Trinajstić information content (AvgIpc) is 2.11. The molecule has 0 aromatic heterocycles. The Balaban J connectivity index is 3.44. The maximum Gasteiger partial charge on any atom is 0.0791 e. The molecule has 0 spiro atoms. The number of thioether (sulfide) groups is 1. The van der Waals surface area contributed by atoms with Gasteiger partial charge in [-0.05, 0) is 13.3 Å². The molecule has 0 amide bonds. The smallest absolute Gasteiger partial charge is 0.0791 e. The second-order valence-electron chi connectivity index (χ2n) is 3.97. The van der Waals surface area contributed by atoms with Crippen LogP contribution in [0, 0.1) is 0 Å². The highest BCUT2D eigenvalue weighted by Crippen LogP contribution is 1.95. The maximum absolute atomic E-state index is 9.66. The summed E-state index contributed by atoms with van der Waals surface area (Å²) in [4.78, 5) is 2.17. The molecular formula is C10H24N2OS. The maximum atomic E-state index is 9.66. The molecule has 0 aliphatic carbocycles. The van der Waals surface area contributed by atoms with E-state index < -0.39 is 0 Å². The SMILES string of the molecule is CSCCN(C)CC(O)CNC(C)C. The van der Waals surface area contributed by atoms with Gasteiger partial charge in [-0.1, -0.05) is 13.8 Å². The minimum absolute atomic E-state index is 0.260. The van der Waals surface area contributed by atoms with Crippen molar-refractivity contribution >= 4 is 11.8 Å². The second-order valence-corrected chi connectivity index (χ2v) is 4.96. The highest BCUT2D eigenvalue weighted by molar-refractivity contribution is 7.98. The zero-order valence-electron chi connectivity index (χ0n) is 9.79. The Kier molecular flexibility index (Phi) is 8.67.